The van der Waals surface area contributed by atoms with Gasteiger partial charge in [0.2, 0.25) is 0 Å². The van der Waals surface area contributed by atoms with Gasteiger partial charge in [-0.15, -0.1) is 0 Å². The zero-order chi connectivity index (χ0) is 15.1. The van der Waals surface area contributed by atoms with E-state index in [0.717, 1.165) is 31.6 Å². The van der Waals surface area contributed by atoms with Crippen molar-refractivity contribution in [1.82, 2.24) is 4.90 Å². The van der Waals surface area contributed by atoms with Crippen LogP contribution in [0.15, 0.2) is 24.3 Å². The van der Waals surface area contributed by atoms with Crippen LogP contribution in [0.1, 0.15) is 26.2 Å². The van der Waals surface area contributed by atoms with Crippen LogP contribution in [0.25, 0.3) is 0 Å². The quantitative estimate of drug-likeness (QED) is 0.836. The summed E-state index contributed by atoms with van der Waals surface area (Å²) < 4.78 is 11.3. The minimum atomic E-state index is -0.732. The summed E-state index contributed by atoms with van der Waals surface area (Å²) in [5, 5.41) is 9.24. The van der Waals surface area contributed by atoms with E-state index in [9.17, 15) is 9.90 Å². The van der Waals surface area contributed by atoms with Crippen LogP contribution in [0.2, 0.25) is 0 Å². The predicted octanol–water partition coefficient (Wildman–Crippen LogP) is 2.40. The van der Waals surface area contributed by atoms with Crippen molar-refractivity contribution in [2.45, 2.75) is 32.2 Å². The third kappa shape index (κ3) is 4.36. The van der Waals surface area contributed by atoms with Crippen molar-refractivity contribution in [1.29, 1.82) is 0 Å². The van der Waals surface area contributed by atoms with Crippen molar-refractivity contribution in [3.63, 3.8) is 0 Å². The van der Waals surface area contributed by atoms with Crippen LogP contribution in [-0.4, -0.2) is 48.3 Å². The monoisotopic (exact) mass is 293 g/mol. The minimum absolute atomic E-state index is 0.371. The van der Waals surface area contributed by atoms with E-state index >= 15 is 0 Å². The van der Waals surface area contributed by atoms with Crippen LogP contribution < -0.4 is 9.47 Å². The maximum atomic E-state index is 11.2. The van der Waals surface area contributed by atoms with Gasteiger partial charge in [-0.25, -0.2) is 0 Å². The first kappa shape index (κ1) is 15.6. The van der Waals surface area contributed by atoms with Crippen LogP contribution in [-0.2, 0) is 4.79 Å². The first-order valence-corrected chi connectivity index (χ1v) is 7.54. The first-order chi connectivity index (χ1) is 10.2. The third-order valence-electron chi connectivity index (χ3n) is 3.68. The topological polar surface area (TPSA) is 59.0 Å². The molecule has 0 saturated carbocycles. The number of hydrogen-bond acceptors (Lipinski definition) is 4. The molecule has 2 rings (SSSR count). The number of likely N-dealkylation sites (tertiary alicyclic amines) is 1. The summed E-state index contributed by atoms with van der Waals surface area (Å²) in [4.78, 5) is 13.2. The van der Waals surface area contributed by atoms with Crippen molar-refractivity contribution in [2.75, 3.05) is 26.3 Å². The summed E-state index contributed by atoms with van der Waals surface area (Å²) in [6, 6.07) is 7.18. The molecule has 0 amide bonds. The Morgan fingerprint density at radius 1 is 1.29 bits per heavy atom. The van der Waals surface area contributed by atoms with E-state index in [4.69, 9.17) is 9.47 Å². The first-order valence-electron chi connectivity index (χ1n) is 7.54. The van der Waals surface area contributed by atoms with Gasteiger partial charge in [-0.1, -0.05) is 18.6 Å². The Bertz CT molecular complexity index is 463. The lowest BCUT2D eigenvalue weighted by Gasteiger charge is -2.32. The van der Waals surface area contributed by atoms with Crippen LogP contribution in [0.3, 0.4) is 0 Å². The summed E-state index contributed by atoms with van der Waals surface area (Å²) in [5.41, 5.74) is 0. The number of aliphatic carboxylic acids is 1. The Morgan fingerprint density at radius 2 is 2.00 bits per heavy atom. The fourth-order valence-electron chi connectivity index (χ4n) is 2.66. The van der Waals surface area contributed by atoms with E-state index in [1.807, 2.05) is 36.1 Å². The third-order valence-corrected chi connectivity index (χ3v) is 3.68. The van der Waals surface area contributed by atoms with E-state index < -0.39 is 5.97 Å². The van der Waals surface area contributed by atoms with E-state index in [0.29, 0.717) is 25.5 Å². The number of nitrogens with zero attached hydrogens (tertiary/aromatic N) is 1. The van der Waals surface area contributed by atoms with Crippen molar-refractivity contribution >= 4 is 5.97 Å². The van der Waals surface area contributed by atoms with E-state index in [1.165, 1.54) is 0 Å². The molecular weight excluding hydrogens is 270 g/mol. The lowest BCUT2D eigenvalue weighted by Crippen LogP contribution is -2.46. The van der Waals surface area contributed by atoms with Crippen molar-refractivity contribution in [2.24, 2.45) is 0 Å². The number of carbonyl (C=O) groups is 1. The molecule has 5 heteroatoms. The molecule has 5 nitrogen and oxygen atoms in total. The summed E-state index contributed by atoms with van der Waals surface area (Å²) in [6.07, 6.45) is 2.77. The lowest BCUT2D eigenvalue weighted by molar-refractivity contribution is -0.144. The average molecular weight is 293 g/mol. The molecule has 1 N–H and O–H groups in total. The molecule has 1 atom stereocenters. The van der Waals surface area contributed by atoms with E-state index in [1.54, 1.807) is 0 Å². The van der Waals surface area contributed by atoms with Gasteiger partial charge < -0.3 is 14.6 Å². The van der Waals surface area contributed by atoms with Crippen LogP contribution in [0.5, 0.6) is 11.5 Å². The Labute approximate surface area is 125 Å². The summed E-state index contributed by atoms with van der Waals surface area (Å²) >= 11 is 0. The van der Waals surface area contributed by atoms with Crippen molar-refractivity contribution < 1.29 is 19.4 Å². The summed E-state index contributed by atoms with van der Waals surface area (Å²) in [7, 11) is 0. The van der Waals surface area contributed by atoms with Gasteiger partial charge in [0.05, 0.1) is 6.61 Å². The summed E-state index contributed by atoms with van der Waals surface area (Å²) in [6.45, 7) is 4.44. The second kappa shape index (κ2) is 7.88. The SMILES string of the molecule is CCOc1ccccc1OCCN1CCCCC1C(=O)O. The van der Waals surface area contributed by atoms with Gasteiger partial charge in [0.1, 0.15) is 12.6 Å². The standard InChI is InChI=1S/C16H23NO4/c1-2-20-14-8-3-4-9-15(14)21-12-11-17-10-6-5-7-13(17)16(18)19/h3-4,8-9,13H,2,5-7,10-12H2,1H3,(H,18,19). The Hall–Kier alpha value is -1.75. The van der Waals surface area contributed by atoms with E-state index in [-0.39, 0.29) is 6.04 Å². The van der Waals surface area contributed by atoms with Crippen LogP contribution >= 0.6 is 0 Å². The fraction of sp³-hybridized carbons (Fsp3) is 0.562. The molecule has 21 heavy (non-hydrogen) atoms. The molecule has 1 aliphatic heterocycles. The average Bonchev–Trinajstić information content (AvgIpc) is 2.49. The highest BCUT2D eigenvalue weighted by Gasteiger charge is 2.27. The van der Waals surface area contributed by atoms with E-state index in [2.05, 4.69) is 0 Å². The number of carboxylic acids is 1. The predicted molar refractivity (Wildman–Crippen MR) is 80.0 cm³/mol. The number of piperidine rings is 1. The maximum Gasteiger partial charge on any atom is 0.320 e. The van der Waals surface area contributed by atoms with Crippen LogP contribution in [0.4, 0.5) is 0 Å². The highest BCUT2D eigenvalue weighted by Crippen LogP contribution is 2.26. The minimum Gasteiger partial charge on any atom is -0.490 e. The molecule has 1 fully saturated rings. The molecule has 1 aliphatic rings. The number of para-hydroxylation sites is 2. The number of carboxylic acid groups (broad SMARTS) is 1. The zero-order valence-electron chi connectivity index (χ0n) is 12.5. The smallest absolute Gasteiger partial charge is 0.320 e. The molecule has 1 saturated heterocycles. The molecule has 1 aromatic rings. The Kier molecular flexibility index (Phi) is 5.87. The normalized spacial score (nSPS) is 19.2. The number of hydrogen-bond donors (Lipinski definition) is 1. The van der Waals surface area contributed by atoms with Gasteiger partial charge in [-0.2, -0.15) is 0 Å². The Morgan fingerprint density at radius 3 is 2.67 bits per heavy atom. The molecule has 0 bridgehead atoms. The highest BCUT2D eigenvalue weighted by atomic mass is 16.5. The maximum absolute atomic E-state index is 11.2. The number of ether oxygens (including phenoxy) is 2. The molecule has 0 aromatic heterocycles. The molecule has 1 unspecified atom stereocenters. The largest absolute Gasteiger partial charge is 0.490 e. The lowest BCUT2D eigenvalue weighted by atomic mass is 10.0. The van der Waals surface area contributed by atoms with Gasteiger partial charge in [0.25, 0.3) is 0 Å². The highest BCUT2D eigenvalue weighted by molar-refractivity contribution is 5.73. The van der Waals surface area contributed by atoms with Gasteiger partial charge >= 0.3 is 5.97 Å². The molecule has 116 valence electrons. The van der Waals surface area contributed by atoms with Crippen molar-refractivity contribution in [3.8, 4) is 11.5 Å². The van der Waals surface area contributed by atoms with Gasteiger partial charge in [0.15, 0.2) is 11.5 Å². The zero-order valence-corrected chi connectivity index (χ0v) is 12.5. The van der Waals surface area contributed by atoms with Crippen molar-refractivity contribution in [3.05, 3.63) is 24.3 Å². The molecule has 0 aliphatic carbocycles. The number of rotatable bonds is 7. The molecule has 0 radical (unpaired) electrons. The molecule has 0 spiro atoms. The van der Waals surface area contributed by atoms with Crippen LogP contribution in [0, 0.1) is 0 Å². The number of benzene rings is 1. The fourth-order valence-corrected chi connectivity index (χ4v) is 2.66. The Balaban J connectivity index is 1.87. The molecular formula is C16H23NO4. The summed E-state index contributed by atoms with van der Waals surface area (Å²) in [5.74, 6) is 0.709. The molecule has 1 heterocycles. The second-order valence-electron chi connectivity index (χ2n) is 5.11. The molecule has 1 aromatic carbocycles. The van der Waals surface area contributed by atoms with Gasteiger partial charge in [-0.3, -0.25) is 9.69 Å². The van der Waals surface area contributed by atoms with Gasteiger partial charge in [0, 0.05) is 6.54 Å². The van der Waals surface area contributed by atoms with Gasteiger partial charge in [-0.05, 0) is 38.4 Å². The second-order valence-corrected chi connectivity index (χ2v) is 5.11.